The van der Waals surface area contributed by atoms with Gasteiger partial charge >= 0.3 is 0 Å². The fourth-order valence-corrected chi connectivity index (χ4v) is 4.54. The zero-order valence-corrected chi connectivity index (χ0v) is 18.3. The van der Waals surface area contributed by atoms with Crippen LogP contribution in [0, 0.1) is 18.6 Å². The molecule has 0 aliphatic rings. The zero-order valence-electron chi connectivity index (χ0n) is 17.4. The van der Waals surface area contributed by atoms with Crippen molar-refractivity contribution in [2.24, 2.45) is 0 Å². The summed E-state index contributed by atoms with van der Waals surface area (Å²) in [6, 6.07) is 16.8. The molecule has 0 saturated heterocycles. The van der Waals surface area contributed by atoms with Crippen molar-refractivity contribution in [3.8, 4) is 5.69 Å². The van der Waals surface area contributed by atoms with E-state index in [1.54, 1.807) is 29.9 Å². The van der Waals surface area contributed by atoms with Crippen LogP contribution in [0.5, 0.6) is 0 Å². The molecular weight excluding hydrogens is 444 g/mol. The number of thiazole rings is 1. The number of amides is 1. The molecule has 9 heteroatoms. The van der Waals surface area contributed by atoms with Crippen molar-refractivity contribution in [2.45, 2.75) is 13.5 Å². The molecule has 3 heterocycles. The fourth-order valence-electron chi connectivity index (χ4n) is 3.54. The van der Waals surface area contributed by atoms with Crippen LogP contribution in [-0.4, -0.2) is 25.7 Å². The molecule has 0 saturated carbocycles. The van der Waals surface area contributed by atoms with Crippen molar-refractivity contribution >= 4 is 32.6 Å². The minimum Gasteiger partial charge on any atom is -0.278 e. The van der Waals surface area contributed by atoms with Crippen molar-refractivity contribution in [3.05, 3.63) is 102 Å². The second-order valence-corrected chi connectivity index (χ2v) is 8.34. The summed E-state index contributed by atoms with van der Waals surface area (Å²) in [5.41, 5.74) is 2.50. The third kappa shape index (κ3) is 3.98. The predicted molar refractivity (Wildman–Crippen MR) is 123 cm³/mol. The molecule has 1 amide bonds. The van der Waals surface area contributed by atoms with E-state index in [9.17, 15) is 13.6 Å². The number of anilines is 1. The van der Waals surface area contributed by atoms with Gasteiger partial charge in [0.25, 0.3) is 5.91 Å². The molecule has 0 unspecified atom stereocenters. The first-order valence-corrected chi connectivity index (χ1v) is 10.9. The van der Waals surface area contributed by atoms with Crippen molar-refractivity contribution in [3.63, 3.8) is 0 Å². The molecule has 0 fully saturated rings. The van der Waals surface area contributed by atoms with Gasteiger partial charge in [-0.1, -0.05) is 35.6 Å². The lowest BCUT2D eigenvalue weighted by Gasteiger charge is -2.19. The van der Waals surface area contributed by atoms with E-state index in [1.807, 2.05) is 36.4 Å². The molecule has 33 heavy (non-hydrogen) atoms. The molecule has 164 valence electrons. The maximum atomic E-state index is 14.3. The number of carbonyl (C=O) groups excluding carboxylic acids is 1. The van der Waals surface area contributed by atoms with Gasteiger partial charge in [0.05, 0.1) is 40.1 Å². The van der Waals surface area contributed by atoms with Crippen LogP contribution in [0.2, 0.25) is 0 Å². The number of rotatable bonds is 5. The van der Waals surface area contributed by atoms with E-state index in [1.165, 1.54) is 17.2 Å². The number of benzene rings is 2. The monoisotopic (exact) mass is 461 g/mol. The highest BCUT2D eigenvalue weighted by atomic mass is 32.1. The Morgan fingerprint density at radius 1 is 1.09 bits per heavy atom. The topological polar surface area (TPSA) is 63.9 Å². The van der Waals surface area contributed by atoms with E-state index in [-0.39, 0.29) is 23.1 Å². The number of para-hydroxylation sites is 1. The molecule has 0 N–H and O–H groups in total. The van der Waals surface area contributed by atoms with Crippen LogP contribution in [0.1, 0.15) is 21.7 Å². The van der Waals surface area contributed by atoms with Crippen LogP contribution in [-0.2, 0) is 6.54 Å². The quantitative estimate of drug-likeness (QED) is 0.356. The Kier molecular flexibility index (Phi) is 5.39. The summed E-state index contributed by atoms with van der Waals surface area (Å²) in [6.07, 6.45) is 3.13. The zero-order chi connectivity index (χ0) is 22.9. The maximum Gasteiger partial charge on any atom is 0.263 e. The van der Waals surface area contributed by atoms with Crippen molar-refractivity contribution in [1.29, 1.82) is 0 Å². The summed E-state index contributed by atoms with van der Waals surface area (Å²) in [5, 5.41) is 4.63. The van der Waals surface area contributed by atoms with E-state index in [4.69, 9.17) is 0 Å². The first-order valence-electron chi connectivity index (χ1n) is 10.1. The van der Waals surface area contributed by atoms with Gasteiger partial charge in [0.1, 0.15) is 11.3 Å². The standard InChI is InChI=1S/C24H17F2N5OS/c1-15-19(13-28-31(15)18-8-3-2-4-9-18)23(32)30(14-17-7-5-6-10-27-17)24-29-22-20(26)11-16(25)12-21(22)33-24/h2-13H,14H2,1H3. The molecule has 0 aliphatic heterocycles. The highest BCUT2D eigenvalue weighted by Crippen LogP contribution is 2.33. The average Bonchev–Trinajstić information content (AvgIpc) is 3.42. The molecular formula is C24H17F2N5OS. The number of aromatic nitrogens is 4. The molecule has 0 spiro atoms. The molecule has 6 nitrogen and oxygen atoms in total. The summed E-state index contributed by atoms with van der Waals surface area (Å²) >= 11 is 1.04. The van der Waals surface area contributed by atoms with Gasteiger partial charge in [-0.15, -0.1) is 0 Å². The highest BCUT2D eigenvalue weighted by Gasteiger charge is 2.26. The number of nitrogens with zero attached hydrogens (tertiary/aromatic N) is 5. The van der Waals surface area contributed by atoms with Gasteiger partial charge in [0, 0.05) is 12.3 Å². The van der Waals surface area contributed by atoms with E-state index in [0.717, 1.165) is 23.1 Å². The predicted octanol–water partition coefficient (Wildman–Crippen LogP) is 5.31. The van der Waals surface area contributed by atoms with Crippen molar-refractivity contribution in [2.75, 3.05) is 4.90 Å². The number of hydrogen-bond acceptors (Lipinski definition) is 5. The van der Waals surface area contributed by atoms with Crippen molar-refractivity contribution < 1.29 is 13.6 Å². The third-order valence-electron chi connectivity index (χ3n) is 5.17. The van der Waals surface area contributed by atoms with Crippen LogP contribution in [0.4, 0.5) is 13.9 Å². The van der Waals surface area contributed by atoms with Gasteiger partial charge in [-0.3, -0.25) is 14.7 Å². The summed E-state index contributed by atoms with van der Waals surface area (Å²) in [6.45, 7) is 1.92. The lowest BCUT2D eigenvalue weighted by Crippen LogP contribution is -2.31. The van der Waals surface area contributed by atoms with Gasteiger partial charge < -0.3 is 0 Å². The maximum absolute atomic E-state index is 14.3. The minimum atomic E-state index is -0.772. The first kappa shape index (κ1) is 20.9. The molecule has 0 aliphatic carbocycles. The van der Waals surface area contributed by atoms with E-state index >= 15 is 0 Å². The Morgan fingerprint density at radius 3 is 2.64 bits per heavy atom. The number of halogens is 2. The van der Waals surface area contributed by atoms with Gasteiger partial charge in [-0.05, 0) is 37.3 Å². The molecule has 0 radical (unpaired) electrons. The molecule has 5 aromatic rings. The summed E-state index contributed by atoms with van der Waals surface area (Å²) in [7, 11) is 0. The first-order chi connectivity index (χ1) is 16.0. The second-order valence-electron chi connectivity index (χ2n) is 7.33. The molecule has 3 aromatic heterocycles. The van der Waals surface area contributed by atoms with Crippen LogP contribution in [0.25, 0.3) is 15.9 Å². The van der Waals surface area contributed by atoms with Crippen LogP contribution >= 0.6 is 11.3 Å². The summed E-state index contributed by atoms with van der Waals surface area (Å²) in [4.78, 5) is 23.7. The molecule has 5 rings (SSSR count). The van der Waals surface area contributed by atoms with Crippen molar-refractivity contribution in [1.82, 2.24) is 19.7 Å². The van der Waals surface area contributed by atoms with E-state index < -0.39 is 11.6 Å². The molecule has 0 atom stereocenters. The van der Waals surface area contributed by atoms with Gasteiger partial charge in [0.2, 0.25) is 0 Å². The Bertz CT molecular complexity index is 1450. The molecule has 2 aromatic carbocycles. The summed E-state index contributed by atoms with van der Waals surface area (Å²) < 4.78 is 30.0. The summed E-state index contributed by atoms with van der Waals surface area (Å²) in [5.74, 6) is -1.83. The Balaban J connectivity index is 1.59. The smallest absolute Gasteiger partial charge is 0.263 e. The minimum absolute atomic E-state index is 0.0203. The highest BCUT2D eigenvalue weighted by molar-refractivity contribution is 7.22. The van der Waals surface area contributed by atoms with Gasteiger partial charge in [-0.25, -0.2) is 18.4 Å². The fraction of sp³-hybridized carbons (Fsp3) is 0.0833. The second kappa shape index (κ2) is 8.51. The normalized spacial score (nSPS) is 11.1. The lowest BCUT2D eigenvalue weighted by molar-refractivity contribution is 0.0984. The van der Waals surface area contributed by atoms with Crippen LogP contribution < -0.4 is 4.90 Å². The number of carbonyl (C=O) groups is 1. The number of pyridine rings is 1. The lowest BCUT2D eigenvalue weighted by atomic mass is 10.2. The largest absolute Gasteiger partial charge is 0.278 e. The Hall–Kier alpha value is -3.98. The van der Waals surface area contributed by atoms with E-state index in [0.29, 0.717) is 21.7 Å². The Labute approximate surface area is 191 Å². The SMILES string of the molecule is Cc1c(C(=O)N(Cc2ccccn2)c2nc3c(F)cc(F)cc3s2)cnn1-c1ccccc1. The van der Waals surface area contributed by atoms with Crippen LogP contribution in [0.15, 0.2) is 73.1 Å². The average molecular weight is 461 g/mol. The number of hydrogen-bond donors (Lipinski definition) is 0. The van der Waals surface area contributed by atoms with Gasteiger partial charge in [0.15, 0.2) is 10.9 Å². The van der Waals surface area contributed by atoms with E-state index in [2.05, 4.69) is 15.1 Å². The molecule has 0 bridgehead atoms. The Morgan fingerprint density at radius 2 is 1.88 bits per heavy atom. The number of fused-ring (bicyclic) bond motifs is 1. The van der Waals surface area contributed by atoms with Gasteiger partial charge in [-0.2, -0.15) is 5.10 Å². The third-order valence-corrected chi connectivity index (χ3v) is 6.19. The van der Waals surface area contributed by atoms with Crippen LogP contribution in [0.3, 0.4) is 0 Å².